The van der Waals surface area contributed by atoms with Crippen LogP contribution in [0, 0.1) is 5.82 Å². The molecule has 180 valence electrons. The smallest absolute Gasteiger partial charge is 0.325 e. The van der Waals surface area contributed by atoms with Crippen LogP contribution in [0.5, 0.6) is 0 Å². The fourth-order valence-corrected chi connectivity index (χ4v) is 4.73. The molecule has 0 bridgehead atoms. The molecule has 0 spiro atoms. The molecule has 3 aromatic rings. The minimum Gasteiger partial charge on any atom is -0.465 e. The van der Waals surface area contributed by atoms with Gasteiger partial charge in [-0.15, -0.1) is 0 Å². The fourth-order valence-electron chi connectivity index (χ4n) is 3.54. The molecule has 0 unspecified atom stereocenters. The molecule has 0 radical (unpaired) electrons. The van der Waals surface area contributed by atoms with Crippen molar-refractivity contribution in [3.63, 3.8) is 0 Å². The van der Waals surface area contributed by atoms with Gasteiger partial charge in [0.05, 0.1) is 11.5 Å². The topological polar surface area (TPSA) is 97.7 Å². The van der Waals surface area contributed by atoms with Gasteiger partial charge in [0.2, 0.25) is 5.91 Å². The molecule has 8 nitrogen and oxygen atoms in total. The Labute approximate surface area is 212 Å². The summed E-state index contributed by atoms with van der Waals surface area (Å²) in [6, 6.07) is 10.7. The molecular weight excluding hydrogens is 541 g/mol. The Morgan fingerprint density at radius 1 is 1.14 bits per heavy atom. The van der Waals surface area contributed by atoms with Crippen LogP contribution in [0.1, 0.15) is 12.5 Å². The van der Waals surface area contributed by atoms with Crippen LogP contribution >= 0.6 is 27.7 Å². The molecule has 1 saturated heterocycles. The zero-order chi connectivity index (χ0) is 25.1. The molecule has 0 aliphatic carbocycles. The number of halogens is 2. The van der Waals surface area contributed by atoms with Gasteiger partial charge in [0.15, 0.2) is 0 Å². The second-order valence-electron chi connectivity index (χ2n) is 7.50. The van der Waals surface area contributed by atoms with E-state index in [1.807, 2.05) is 18.2 Å². The third kappa shape index (κ3) is 5.63. The summed E-state index contributed by atoms with van der Waals surface area (Å²) in [5, 5.41) is 2.72. The van der Waals surface area contributed by atoms with Gasteiger partial charge >= 0.3 is 5.97 Å². The summed E-state index contributed by atoms with van der Waals surface area (Å²) in [5.41, 5.74) is 1.73. The van der Waals surface area contributed by atoms with Crippen LogP contribution in [0.25, 0.3) is 17.0 Å². The highest BCUT2D eigenvalue weighted by Crippen LogP contribution is 2.34. The maximum absolute atomic E-state index is 13.0. The lowest BCUT2D eigenvalue weighted by Crippen LogP contribution is -2.36. The Kier molecular flexibility index (Phi) is 7.37. The lowest BCUT2D eigenvalue weighted by atomic mass is 10.1. The van der Waals surface area contributed by atoms with Gasteiger partial charge in [-0.1, -0.05) is 15.9 Å². The summed E-state index contributed by atoms with van der Waals surface area (Å²) in [5.74, 6) is -2.04. The molecule has 4 rings (SSSR count). The van der Waals surface area contributed by atoms with Gasteiger partial charge < -0.3 is 14.6 Å². The number of aromatic nitrogens is 1. The van der Waals surface area contributed by atoms with E-state index in [1.165, 1.54) is 24.3 Å². The first-order valence-electron chi connectivity index (χ1n) is 10.5. The number of benzene rings is 2. The van der Waals surface area contributed by atoms with Crippen molar-refractivity contribution in [2.24, 2.45) is 0 Å². The molecule has 1 aliphatic heterocycles. The van der Waals surface area contributed by atoms with Crippen molar-refractivity contribution in [2.45, 2.75) is 13.5 Å². The highest BCUT2D eigenvalue weighted by atomic mass is 79.9. The number of anilines is 1. The number of fused-ring (bicyclic) bond motifs is 1. The summed E-state index contributed by atoms with van der Waals surface area (Å²) in [7, 11) is 0. The summed E-state index contributed by atoms with van der Waals surface area (Å²) >= 11 is 4.16. The van der Waals surface area contributed by atoms with E-state index in [2.05, 4.69) is 21.2 Å². The second kappa shape index (κ2) is 10.4. The SMILES string of the molecule is CCOC(=O)Cn1cc(/C=C2\SC(=O)N(CC(=O)Nc3ccc(F)cc3)C2=O)c2cc(Br)ccc21. The maximum Gasteiger partial charge on any atom is 0.325 e. The van der Waals surface area contributed by atoms with Gasteiger partial charge in [-0.05, 0) is 67.2 Å². The van der Waals surface area contributed by atoms with E-state index in [0.717, 1.165) is 32.0 Å². The molecular formula is C24H19BrFN3O5S. The van der Waals surface area contributed by atoms with E-state index in [-0.39, 0.29) is 18.1 Å². The molecule has 35 heavy (non-hydrogen) atoms. The average Bonchev–Trinajstić information content (AvgIpc) is 3.26. The Bertz CT molecular complexity index is 1370. The van der Waals surface area contributed by atoms with E-state index in [4.69, 9.17) is 4.74 Å². The molecule has 1 aliphatic rings. The molecule has 0 saturated carbocycles. The van der Waals surface area contributed by atoms with Crippen molar-refractivity contribution < 1.29 is 28.3 Å². The predicted octanol–water partition coefficient (Wildman–Crippen LogP) is 4.78. The average molecular weight is 560 g/mol. The maximum atomic E-state index is 13.0. The Morgan fingerprint density at radius 3 is 2.60 bits per heavy atom. The number of hydrogen-bond donors (Lipinski definition) is 1. The number of carbonyl (C=O) groups excluding carboxylic acids is 4. The third-order valence-electron chi connectivity index (χ3n) is 5.07. The number of rotatable bonds is 7. The molecule has 0 atom stereocenters. The van der Waals surface area contributed by atoms with Gasteiger partial charge in [0.25, 0.3) is 11.1 Å². The van der Waals surface area contributed by atoms with Gasteiger partial charge in [-0.2, -0.15) is 0 Å². The first-order chi connectivity index (χ1) is 16.7. The summed E-state index contributed by atoms with van der Waals surface area (Å²) in [4.78, 5) is 50.8. The van der Waals surface area contributed by atoms with Gasteiger partial charge in [-0.3, -0.25) is 24.1 Å². The van der Waals surface area contributed by atoms with E-state index in [9.17, 15) is 23.6 Å². The highest BCUT2D eigenvalue weighted by Gasteiger charge is 2.36. The zero-order valence-corrected chi connectivity index (χ0v) is 20.8. The fraction of sp³-hybridized carbons (Fsp3) is 0.167. The summed E-state index contributed by atoms with van der Waals surface area (Å²) in [6.07, 6.45) is 3.28. The number of nitrogens with zero attached hydrogens (tertiary/aromatic N) is 2. The van der Waals surface area contributed by atoms with Crippen LogP contribution in [0.3, 0.4) is 0 Å². The lowest BCUT2D eigenvalue weighted by molar-refractivity contribution is -0.143. The lowest BCUT2D eigenvalue weighted by Gasteiger charge is -2.12. The molecule has 1 N–H and O–H groups in total. The number of amides is 3. The van der Waals surface area contributed by atoms with Gasteiger partial charge in [-0.25, -0.2) is 4.39 Å². The van der Waals surface area contributed by atoms with E-state index in [0.29, 0.717) is 11.3 Å². The molecule has 1 aromatic heterocycles. The standard InChI is InChI=1S/C24H19BrFN3O5S/c1-2-34-22(31)13-28-11-14(18-10-15(25)3-8-19(18)28)9-20-23(32)29(24(33)35-20)12-21(30)27-17-6-4-16(26)5-7-17/h3-11H,2,12-13H2,1H3,(H,27,30)/b20-9-. The van der Waals surface area contributed by atoms with Gasteiger partial charge in [0, 0.05) is 32.8 Å². The summed E-state index contributed by atoms with van der Waals surface area (Å²) < 4.78 is 20.6. The number of esters is 1. The quantitative estimate of drug-likeness (QED) is 0.330. The first-order valence-corrected chi connectivity index (χ1v) is 12.1. The molecule has 1 fully saturated rings. The number of thioether (sulfide) groups is 1. The highest BCUT2D eigenvalue weighted by molar-refractivity contribution is 9.10. The van der Waals surface area contributed by atoms with E-state index >= 15 is 0 Å². The molecule has 3 amide bonds. The first kappa shape index (κ1) is 24.7. The third-order valence-corrected chi connectivity index (χ3v) is 6.47. The van der Waals surface area contributed by atoms with Crippen molar-refractivity contribution in [2.75, 3.05) is 18.5 Å². The van der Waals surface area contributed by atoms with Crippen LogP contribution in [0.15, 0.2) is 58.0 Å². The van der Waals surface area contributed by atoms with Crippen LogP contribution in [-0.4, -0.2) is 45.6 Å². The van der Waals surface area contributed by atoms with Crippen LogP contribution < -0.4 is 5.32 Å². The van der Waals surface area contributed by atoms with Crippen molar-refractivity contribution in [3.05, 3.63) is 69.4 Å². The number of carbonyl (C=O) groups is 4. The zero-order valence-electron chi connectivity index (χ0n) is 18.4. The second-order valence-corrected chi connectivity index (χ2v) is 9.41. The number of imide groups is 1. The van der Waals surface area contributed by atoms with Crippen molar-refractivity contribution in [1.29, 1.82) is 0 Å². The monoisotopic (exact) mass is 559 g/mol. The van der Waals surface area contributed by atoms with Crippen LogP contribution in [0.4, 0.5) is 14.9 Å². The van der Waals surface area contributed by atoms with Crippen LogP contribution in [-0.2, 0) is 25.7 Å². The van der Waals surface area contributed by atoms with Crippen molar-refractivity contribution in [3.8, 4) is 0 Å². The van der Waals surface area contributed by atoms with Crippen molar-refractivity contribution in [1.82, 2.24) is 9.47 Å². The van der Waals surface area contributed by atoms with E-state index < -0.39 is 35.4 Å². The molecule has 11 heteroatoms. The largest absolute Gasteiger partial charge is 0.465 e. The Morgan fingerprint density at radius 2 is 1.89 bits per heavy atom. The predicted molar refractivity (Wildman–Crippen MR) is 134 cm³/mol. The minimum atomic E-state index is -0.601. The van der Waals surface area contributed by atoms with Crippen LogP contribution in [0.2, 0.25) is 0 Å². The minimum absolute atomic E-state index is 0.00908. The number of ether oxygens (including phenoxy) is 1. The number of nitrogens with one attached hydrogen (secondary N) is 1. The van der Waals surface area contributed by atoms with E-state index in [1.54, 1.807) is 23.8 Å². The molecule has 2 heterocycles. The Balaban J connectivity index is 1.56. The van der Waals surface area contributed by atoms with Crippen molar-refractivity contribution >= 4 is 73.4 Å². The Hall–Kier alpha value is -3.44. The normalized spacial score (nSPS) is 14.7. The van der Waals surface area contributed by atoms with Gasteiger partial charge in [0.1, 0.15) is 18.9 Å². The summed E-state index contributed by atoms with van der Waals surface area (Å²) in [6.45, 7) is 1.50. The molecule has 2 aromatic carbocycles. The number of hydrogen-bond acceptors (Lipinski definition) is 6.